The summed E-state index contributed by atoms with van der Waals surface area (Å²) in [5, 5.41) is 3.48. The van der Waals surface area contributed by atoms with Crippen molar-refractivity contribution in [1.82, 2.24) is 10.3 Å². The van der Waals surface area contributed by atoms with Crippen LogP contribution in [-0.4, -0.2) is 18.1 Å². The molecule has 1 aliphatic carbocycles. The zero-order valence-corrected chi connectivity index (χ0v) is 12.2. The Kier molecular flexibility index (Phi) is 4.57. The van der Waals surface area contributed by atoms with E-state index >= 15 is 0 Å². The van der Waals surface area contributed by atoms with Gasteiger partial charge in [0.15, 0.2) is 0 Å². The molecule has 1 saturated carbocycles. The Balaban J connectivity index is 2.04. The summed E-state index contributed by atoms with van der Waals surface area (Å²) in [6, 6.07) is 2.86. The van der Waals surface area contributed by atoms with Gasteiger partial charge in [-0.25, -0.2) is 0 Å². The van der Waals surface area contributed by atoms with Crippen LogP contribution < -0.4 is 5.32 Å². The first-order valence-electron chi connectivity index (χ1n) is 6.45. The number of hydrogen-bond acceptors (Lipinski definition) is 2. The van der Waals surface area contributed by atoms with Crippen LogP contribution in [0.5, 0.6) is 0 Å². The maximum Gasteiger partial charge on any atom is 0.0410 e. The second-order valence-electron chi connectivity index (χ2n) is 5.29. The molecule has 0 aromatic carbocycles. The van der Waals surface area contributed by atoms with Gasteiger partial charge in [0.1, 0.15) is 0 Å². The zero-order chi connectivity index (χ0) is 12.3. The molecule has 1 aromatic rings. The minimum Gasteiger partial charge on any atom is -0.317 e. The largest absolute Gasteiger partial charge is 0.317 e. The van der Waals surface area contributed by atoms with Gasteiger partial charge in [0, 0.05) is 22.9 Å². The summed E-state index contributed by atoms with van der Waals surface area (Å²) in [5.74, 6) is 1.62. The molecule has 3 atom stereocenters. The summed E-state index contributed by atoms with van der Waals surface area (Å²) in [7, 11) is 2.09. The Morgan fingerprint density at radius 1 is 1.41 bits per heavy atom. The fourth-order valence-corrected chi connectivity index (χ4v) is 3.39. The lowest BCUT2D eigenvalue weighted by Crippen LogP contribution is -2.39. The third kappa shape index (κ3) is 3.52. The fraction of sp³-hybridized carbons (Fsp3) is 0.643. The molecule has 0 bridgehead atoms. The molecule has 17 heavy (non-hydrogen) atoms. The number of hydrogen-bond donors (Lipinski definition) is 1. The molecular formula is C14H21BrN2. The Morgan fingerprint density at radius 2 is 2.24 bits per heavy atom. The highest BCUT2D eigenvalue weighted by atomic mass is 79.9. The minimum atomic E-state index is 0.671. The number of rotatable bonds is 3. The van der Waals surface area contributed by atoms with Crippen LogP contribution in [0.15, 0.2) is 22.9 Å². The molecular weight excluding hydrogens is 276 g/mol. The molecule has 1 fully saturated rings. The van der Waals surface area contributed by atoms with Gasteiger partial charge in [-0.15, -0.1) is 0 Å². The van der Waals surface area contributed by atoms with Crippen LogP contribution in [0.2, 0.25) is 0 Å². The van der Waals surface area contributed by atoms with Crippen molar-refractivity contribution in [3.05, 3.63) is 28.5 Å². The molecule has 1 heterocycles. The lowest BCUT2D eigenvalue weighted by molar-refractivity contribution is 0.220. The first kappa shape index (κ1) is 13.0. The highest BCUT2D eigenvalue weighted by Gasteiger charge is 2.27. The monoisotopic (exact) mass is 296 g/mol. The van der Waals surface area contributed by atoms with Crippen molar-refractivity contribution in [3.63, 3.8) is 0 Å². The van der Waals surface area contributed by atoms with Gasteiger partial charge >= 0.3 is 0 Å². The third-order valence-corrected chi connectivity index (χ3v) is 4.31. The zero-order valence-electron chi connectivity index (χ0n) is 10.6. The first-order chi connectivity index (χ1) is 8.19. The standard InChI is InChI=1S/C14H21BrN2/c1-10-3-4-14(16-2)12(5-10)6-11-7-13(15)9-17-8-11/h7-10,12,14,16H,3-6H2,1-2H3. The van der Waals surface area contributed by atoms with Crippen molar-refractivity contribution in [3.8, 4) is 0 Å². The molecule has 2 rings (SSSR count). The predicted molar refractivity (Wildman–Crippen MR) is 75.0 cm³/mol. The Bertz CT molecular complexity index is 367. The summed E-state index contributed by atoms with van der Waals surface area (Å²) in [4.78, 5) is 4.25. The summed E-state index contributed by atoms with van der Waals surface area (Å²) in [5.41, 5.74) is 1.35. The van der Waals surface area contributed by atoms with E-state index in [2.05, 4.69) is 46.3 Å². The molecule has 1 aromatic heterocycles. The number of nitrogens with one attached hydrogen (secondary N) is 1. The molecule has 0 spiro atoms. The Hall–Kier alpha value is -0.410. The summed E-state index contributed by atoms with van der Waals surface area (Å²) >= 11 is 3.49. The molecule has 0 radical (unpaired) electrons. The smallest absolute Gasteiger partial charge is 0.0410 e. The summed E-state index contributed by atoms with van der Waals surface area (Å²) in [6.07, 6.45) is 8.99. The van der Waals surface area contributed by atoms with Crippen molar-refractivity contribution in [2.24, 2.45) is 11.8 Å². The SMILES string of the molecule is CNC1CCC(C)CC1Cc1cncc(Br)c1. The normalized spacial score (nSPS) is 29.2. The van der Waals surface area contributed by atoms with Crippen molar-refractivity contribution in [1.29, 1.82) is 0 Å². The van der Waals surface area contributed by atoms with Crippen LogP contribution in [-0.2, 0) is 6.42 Å². The summed E-state index contributed by atoms with van der Waals surface area (Å²) < 4.78 is 1.08. The van der Waals surface area contributed by atoms with Crippen LogP contribution >= 0.6 is 15.9 Å². The van der Waals surface area contributed by atoms with E-state index in [0.29, 0.717) is 6.04 Å². The van der Waals surface area contributed by atoms with Crippen LogP contribution in [0.1, 0.15) is 31.7 Å². The number of aromatic nitrogens is 1. The molecule has 0 saturated heterocycles. The highest BCUT2D eigenvalue weighted by molar-refractivity contribution is 9.10. The van der Waals surface area contributed by atoms with Gasteiger partial charge in [-0.05, 0) is 72.1 Å². The summed E-state index contributed by atoms with van der Waals surface area (Å²) in [6.45, 7) is 2.37. The molecule has 94 valence electrons. The third-order valence-electron chi connectivity index (χ3n) is 3.87. The number of nitrogens with zero attached hydrogens (tertiary/aromatic N) is 1. The first-order valence-corrected chi connectivity index (χ1v) is 7.25. The average Bonchev–Trinajstić information content (AvgIpc) is 2.29. The van der Waals surface area contributed by atoms with E-state index in [9.17, 15) is 0 Å². The predicted octanol–water partition coefficient (Wildman–Crippen LogP) is 3.41. The highest BCUT2D eigenvalue weighted by Crippen LogP contribution is 2.31. The molecule has 0 amide bonds. The van der Waals surface area contributed by atoms with Gasteiger partial charge in [-0.2, -0.15) is 0 Å². The van der Waals surface area contributed by atoms with Gasteiger partial charge in [-0.1, -0.05) is 6.92 Å². The maximum absolute atomic E-state index is 4.25. The van der Waals surface area contributed by atoms with Crippen molar-refractivity contribution in [2.75, 3.05) is 7.05 Å². The minimum absolute atomic E-state index is 0.671. The van der Waals surface area contributed by atoms with E-state index in [1.165, 1.54) is 24.8 Å². The molecule has 3 unspecified atom stereocenters. The van der Waals surface area contributed by atoms with E-state index in [1.54, 1.807) is 0 Å². The van der Waals surface area contributed by atoms with Gasteiger partial charge in [0.25, 0.3) is 0 Å². The van der Waals surface area contributed by atoms with Crippen molar-refractivity contribution >= 4 is 15.9 Å². The Morgan fingerprint density at radius 3 is 2.94 bits per heavy atom. The van der Waals surface area contributed by atoms with E-state index in [1.807, 2.05) is 12.4 Å². The second kappa shape index (κ2) is 5.96. The molecule has 1 aliphatic rings. The van der Waals surface area contributed by atoms with Gasteiger partial charge in [0.2, 0.25) is 0 Å². The van der Waals surface area contributed by atoms with Crippen LogP contribution in [0, 0.1) is 11.8 Å². The van der Waals surface area contributed by atoms with Crippen LogP contribution in [0.4, 0.5) is 0 Å². The van der Waals surface area contributed by atoms with Crippen LogP contribution in [0.25, 0.3) is 0 Å². The lowest BCUT2D eigenvalue weighted by atomic mass is 9.76. The molecule has 2 nitrogen and oxygen atoms in total. The molecule has 0 aliphatic heterocycles. The van der Waals surface area contributed by atoms with Crippen molar-refractivity contribution < 1.29 is 0 Å². The van der Waals surface area contributed by atoms with Crippen LogP contribution in [0.3, 0.4) is 0 Å². The number of pyridine rings is 1. The van der Waals surface area contributed by atoms with Gasteiger partial charge < -0.3 is 5.32 Å². The van der Waals surface area contributed by atoms with E-state index in [0.717, 1.165) is 22.7 Å². The lowest BCUT2D eigenvalue weighted by Gasteiger charge is -2.34. The molecule has 3 heteroatoms. The topological polar surface area (TPSA) is 24.9 Å². The van der Waals surface area contributed by atoms with Gasteiger partial charge in [0.05, 0.1) is 0 Å². The van der Waals surface area contributed by atoms with E-state index < -0.39 is 0 Å². The Labute approximate surface area is 112 Å². The average molecular weight is 297 g/mol. The quantitative estimate of drug-likeness (QED) is 0.925. The van der Waals surface area contributed by atoms with E-state index in [4.69, 9.17) is 0 Å². The van der Waals surface area contributed by atoms with Gasteiger partial charge in [-0.3, -0.25) is 4.98 Å². The van der Waals surface area contributed by atoms with E-state index in [-0.39, 0.29) is 0 Å². The van der Waals surface area contributed by atoms with Crippen molar-refractivity contribution in [2.45, 2.75) is 38.6 Å². The second-order valence-corrected chi connectivity index (χ2v) is 6.20. The number of halogens is 1. The molecule has 1 N–H and O–H groups in total. The maximum atomic E-state index is 4.25. The fourth-order valence-electron chi connectivity index (χ4n) is 2.97.